The molecule has 0 amide bonds. The Kier molecular flexibility index (Phi) is 6.77. The molecule has 37 heavy (non-hydrogen) atoms. The maximum atomic E-state index is 13.2. The van der Waals surface area contributed by atoms with Gasteiger partial charge in [-0.15, -0.1) is 0 Å². The Hall–Kier alpha value is -3.65. The third-order valence-corrected chi connectivity index (χ3v) is 7.64. The number of methoxy groups -OCH3 is 1. The molecule has 0 spiro atoms. The summed E-state index contributed by atoms with van der Waals surface area (Å²) in [6.07, 6.45) is 4.10. The fraction of sp³-hybridized carbons (Fsp3) is 0.357. The molecule has 0 fully saturated rings. The number of non-ortho nitro benzene ring substituents is 1. The average Bonchev–Trinajstić information content (AvgIpc) is 2.89. The molecule has 9 heteroatoms. The molecule has 0 radical (unpaired) electrons. The number of nitro groups is 1. The normalized spacial score (nSPS) is 18.1. The Morgan fingerprint density at radius 3 is 2.14 bits per heavy atom. The van der Waals surface area contributed by atoms with Crippen LogP contribution in [0.2, 0.25) is 5.02 Å². The van der Waals surface area contributed by atoms with E-state index in [1.807, 2.05) is 7.05 Å². The first-order chi connectivity index (χ1) is 17.8. The first-order valence-electron chi connectivity index (χ1n) is 12.3. The van der Waals surface area contributed by atoms with Crippen LogP contribution < -0.4 is 9.47 Å². The molecule has 2 aromatic rings. The number of carbonyl (C=O) groups excluding carboxylic acids is 2. The van der Waals surface area contributed by atoms with E-state index in [2.05, 4.69) is 4.90 Å². The summed E-state index contributed by atoms with van der Waals surface area (Å²) in [6, 6.07) is 9.63. The van der Waals surface area contributed by atoms with Crippen molar-refractivity contribution in [2.45, 2.75) is 51.0 Å². The molecule has 2 aromatic carbocycles. The number of rotatable bonds is 6. The fourth-order valence-corrected chi connectivity index (χ4v) is 5.88. The van der Waals surface area contributed by atoms with Gasteiger partial charge >= 0.3 is 0 Å². The molecular weight excluding hydrogens is 496 g/mol. The number of nitro benzene ring substituents is 1. The highest BCUT2D eigenvalue weighted by atomic mass is 35.5. The van der Waals surface area contributed by atoms with Crippen molar-refractivity contribution in [1.29, 1.82) is 0 Å². The summed E-state index contributed by atoms with van der Waals surface area (Å²) in [6.45, 7) is 0.128. The highest BCUT2D eigenvalue weighted by molar-refractivity contribution is 6.32. The van der Waals surface area contributed by atoms with E-state index in [0.717, 1.165) is 48.2 Å². The molecule has 0 bridgehead atoms. The molecule has 0 aromatic heterocycles. The number of ketones is 2. The van der Waals surface area contributed by atoms with Crippen LogP contribution in [0.5, 0.6) is 11.5 Å². The molecule has 192 valence electrons. The molecule has 0 saturated carbocycles. The van der Waals surface area contributed by atoms with Crippen LogP contribution >= 0.6 is 11.6 Å². The SMILES string of the molecule is COc1cc(C2C3=C(CCCC3=O)N(C)C3=C2C(=O)CCC3)cc(Cl)c1OCc1ccc([N+](=O)[O-])cc1. The molecule has 8 nitrogen and oxygen atoms in total. The van der Waals surface area contributed by atoms with Gasteiger partial charge in [0.25, 0.3) is 5.69 Å². The summed E-state index contributed by atoms with van der Waals surface area (Å²) in [5, 5.41) is 11.2. The van der Waals surface area contributed by atoms with Crippen molar-refractivity contribution in [3.63, 3.8) is 0 Å². The zero-order valence-electron chi connectivity index (χ0n) is 20.7. The largest absolute Gasteiger partial charge is 0.493 e. The van der Waals surface area contributed by atoms with Gasteiger partial charge in [-0.3, -0.25) is 19.7 Å². The highest BCUT2D eigenvalue weighted by Crippen LogP contribution is 2.50. The lowest BCUT2D eigenvalue weighted by molar-refractivity contribution is -0.384. The van der Waals surface area contributed by atoms with Gasteiger partial charge in [0.15, 0.2) is 23.1 Å². The second-order valence-electron chi connectivity index (χ2n) is 9.51. The lowest BCUT2D eigenvalue weighted by atomic mass is 9.71. The molecular formula is C28H27ClN2O6. The molecule has 1 aliphatic heterocycles. The third kappa shape index (κ3) is 4.50. The fourth-order valence-electron chi connectivity index (χ4n) is 5.60. The number of nitrogens with zero attached hydrogens (tertiary/aromatic N) is 2. The molecule has 3 aliphatic rings. The number of ether oxygens (including phenoxy) is 2. The second-order valence-corrected chi connectivity index (χ2v) is 9.92. The minimum atomic E-state index is -0.489. The number of carbonyl (C=O) groups is 2. The van der Waals surface area contributed by atoms with E-state index in [1.54, 1.807) is 24.3 Å². The van der Waals surface area contributed by atoms with Crippen molar-refractivity contribution in [3.8, 4) is 11.5 Å². The Bertz CT molecular complexity index is 1320. The number of benzene rings is 2. The summed E-state index contributed by atoms with van der Waals surface area (Å²) in [5.41, 5.74) is 4.79. The Labute approximate surface area is 219 Å². The van der Waals surface area contributed by atoms with Gasteiger partial charge in [0.1, 0.15) is 6.61 Å². The van der Waals surface area contributed by atoms with Gasteiger partial charge in [-0.25, -0.2) is 0 Å². The van der Waals surface area contributed by atoms with Gasteiger partial charge in [-0.1, -0.05) is 11.6 Å². The van der Waals surface area contributed by atoms with E-state index in [4.69, 9.17) is 21.1 Å². The van der Waals surface area contributed by atoms with E-state index >= 15 is 0 Å². The molecule has 0 atom stereocenters. The van der Waals surface area contributed by atoms with Crippen molar-refractivity contribution in [3.05, 3.63) is 85.2 Å². The van der Waals surface area contributed by atoms with E-state index in [-0.39, 0.29) is 23.9 Å². The average molecular weight is 523 g/mol. The minimum Gasteiger partial charge on any atom is -0.493 e. The molecule has 0 unspecified atom stereocenters. The third-order valence-electron chi connectivity index (χ3n) is 7.36. The van der Waals surface area contributed by atoms with Crippen molar-refractivity contribution in [1.82, 2.24) is 4.90 Å². The maximum absolute atomic E-state index is 13.2. The van der Waals surface area contributed by atoms with Crippen LogP contribution in [0.4, 0.5) is 5.69 Å². The number of Topliss-reactive ketones (excluding diaryl/α,β-unsaturated/α-hetero) is 2. The molecule has 1 heterocycles. The number of allylic oxidation sites excluding steroid dienone is 4. The van der Waals surface area contributed by atoms with Gasteiger partial charge < -0.3 is 14.4 Å². The Morgan fingerprint density at radius 1 is 1.00 bits per heavy atom. The summed E-state index contributed by atoms with van der Waals surface area (Å²) >= 11 is 6.71. The predicted molar refractivity (Wildman–Crippen MR) is 138 cm³/mol. The van der Waals surface area contributed by atoms with Crippen LogP contribution in [0, 0.1) is 10.1 Å². The number of hydrogen-bond acceptors (Lipinski definition) is 7. The first-order valence-corrected chi connectivity index (χ1v) is 12.7. The molecule has 2 aliphatic carbocycles. The number of hydrogen-bond donors (Lipinski definition) is 0. The van der Waals surface area contributed by atoms with Crippen LogP contribution in [0.15, 0.2) is 58.9 Å². The lowest BCUT2D eigenvalue weighted by Crippen LogP contribution is -2.37. The van der Waals surface area contributed by atoms with Gasteiger partial charge in [-0.2, -0.15) is 0 Å². The monoisotopic (exact) mass is 522 g/mol. The Morgan fingerprint density at radius 2 is 1.59 bits per heavy atom. The summed E-state index contributed by atoms with van der Waals surface area (Å²) in [7, 11) is 3.47. The quantitative estimate of drug-likeness (QED) is 0.345. The second kappa shape index (κ2) is 10.0. The summed E-state index contributed by atoms with van der Waals surface area (Å²) in [5.74, 6) is 0.358. The highest BCUT2D eigenvalue weighted by Gasteiger charge is 2.42. The van der Waals surface area contributed by atoms with Crippen LogP contribution in [0.3, 0.4) is 0 Å². The zero-order chi connectivity index (χ0) is 26.3. The van der Waals surface area contributed by atoms with Crippen LogP contribution in [0.1, 0.15) is 55.6 Å². The zero-order valence-corrected chi connectivity index (χ0v) is 21.5. The maximum Gasteiger partial charge on any atom is 0.269 e. The smallest absolute Gasteiger partial charge is 0.269 e. The van der Waals surface area contributed by atoms with Gasteiger partial charge in [0.05, 0.1) is 17.1 Å². The lowest BCUT2D eigenvalue weighted by Gasteiger charge is -2.42. The minimum absolute atomic E-state index is 0.00119. The molecule has 0 saturated heterocycles. The topological polar surface area (TPSA) is 99.0 Å². The standard InChI is InChI=1S/C28H27ClN2O6/c1-30-20-5-3-7-22(32)26(20)25(27-21(30)6-4-8-23(27)33)17-13-19(29)28(24(14-17)36-2)37-15-16-9-11-18(12-10-16)31(34)35/h9-14,25H,3-8,15H2,1-2H3. The predicted octanol–water partition coefficient (Wildman–Crippen LogP) is 5.88. The van der Waals surface area contributed by atoms with Crippen LogP contribution in [-0.4, -0.2) is 35.5 Å². The van der Waals surface area contributed by atoms with Gasteiger partial charge in [0.2, 0.25) is 0 Å². The first kappa shape index (κ1) is 25.0. The van der Waals surface area contributed by atoms with E-state index in [1.165, 1.54) is 19.2 Å². The van der Waals surface area contributed by atoms with E-state index in [0.29, 0.717) is 40.5 Å². The summed E-state index contributed by atoms with van der Waals surface area (Å²) in [4.78, 5) is 39.0. The summed E-state index contributed by atoms with van der Waals surface area (Å²) < 4.78 is 11.6. The van der Waals surface area contributed by atoms with Crippen molar-refractivity contribution in [2.75, 3.05) is 14.2 Å². The van der Waals surface area contributed by atoms with Crippen molar-refractivity contribution < 1.29 is 24.0 Å². The van der Waals surface area contributed by atoms with E-state index in [9.17, 15) is 19.7 Å². The molecule has 5 rings (SSSR count). The van der Waals surface area contributed by atoms with Gasteiger partial charge in [-0.05, 0) is 61.1 Å². The Balaban J connectivity index is 1.53. The van der Waals surface area contributed by atoms with Crippen LogP contribution in [0.25, 0.3) is 0 Å². The van der Waals surface area contributed by atoms with Crippen molar-refractivity contribution in [2.24, 2.45) is 0 Å². The molecule has 0 N–H and O–H groups in total. The van der Waals surface area contributed by atoms with E-state index < -0.39 is 10.8 Å². The number of halogens is 1. The van der Waals surface area contributed by atoms with Gasteiger partial charge in [0, 0.05) is 60.5 Å². The van der Waals surface area contributed by atoms with Crippen LogP contribution in [-0.2, 0) is 16.2 Å². The van der Waals surface area contributed by atoms with Crippen molar-refractivity contribution >= 4 is 28.9 Å².